The van der Waals surface area contributed by atoms with E-state index in [9.17, 15) is 14.4 Å². The van der Waals surface area contributed by atoms with Gasteiger partial charge in [-0.2, -0.15) is 0 Å². The lowest BCUT2D eigenvalue weighted by Gasteiger charge is -2.54. The van der Waals surface area contributed by atoms with Crippen molar-refractivity contribution in [2.75, 3.05) is 43.1 Å². The number of thiophene rings is 1. The Labute approximate surface area is 288 Å². The van der Waals surface area contributed by atoms with Crippen LogP contribution in [0.4, 0.5) is 11.4 Å². The van der Waals surface area contributed by atoms with Gasteiger partial charge >= 0.3 is 0 Å². The molecule has 7 nitrogen and oxygen atoms in total. The van der Waals surface area contributed by atoms with E-state index in [1.165, 1.54) is 11.3 Å². The minimum atomic E-state index is -0.224. The summed E-state index contributed by atoms with van der Waals surface area (Å²) in [5, 5.41) is 3.05. The maximum atomic E-state index is 13.9. The Kier molecular flexibility index (Phi) is 9.63. The molecule has 3 aliphatic rings. The fourth-order valence-corrected chi connectivity index (χ4v) is 8.12. The minimum Gasteiger partial charge on any atom is -0.381 e. The summed E-state index contributed by atoms with van der Waals surface area (Å²) in [4.78, 5) is 44.9. The van der Waals surface area contributed by atoms with E-state index in [1.54, 1.807) is 24.3 Å². The Morgan fingerprint density at radius 1 is 1.11 bits per heavy atom. The maximum Gasteiger partial charge on any atom is 0.258 e. The number of anilines is 2. The number of aldehydes is 1. The normalized spacial score (nSPS) is 17.5. The van der Waals surface area contributed by atoms with Crippen LogP contribution in [0.15, 0.2) is 84.1 Å². The molecule has 0 bridgehead atoms. The Bertz CT molecular complexity index is 1740. The summed E-state index contributed by atoms with van der Waals surface area (Å²) in [6, 6.07) is 15.1. The number of benzene rings is 2. The minimum absolute atomic E-state index is 0.110. The molecule has 0 unspecified atom stereocenters. The quantitative estimate of drug-likeness (QED) is 0.110. The number of hydrogen-bond donors (Lipinski definition) is 1. The number of likely N-dealkylation sites (tertiary alicyclic amines) is 1. The smallest absolute Gasteiger partial charge is 0.258 e. The summed E-state index contributed by atoms with van der Waals surface area (Å²) in [5.74, 6) is -0.335. The van der Waals surface area contributed by atoms with Crippen LogP contribution in [-0.2, 0) is 16.0 Å². The lowest BCUT2D eigenvalue weighted by molar-refractivity contribution is -0.113. The summed E-state index contributed by atoms with van der Waals surface area (Å²) in [6.07, 6.45) is 8.52. The predicted molar refractivity (Wildman–Crippen MR) is 194 cm³/mol. The molecule has 3 aliphatic heterocycles. The second-order valence-electron chi connectivity index (χ2n) is 12.4. The van der Waals surface area contributed by atoms with Gasteiger partial charge in [-0.1, -0.05) is 31.2 Å². The van der Waals surface area contributed by atoms with E-state index in [-0.39, 0.29) is 17.2 Å². The Morgan fingerprint density at radius 3 is 2.54 bits per heavy atom. The van der Waals surface area contributed by atoms with Crippen LogP contribution in [0.1, 0.15) is 58.7 Å². The average Bonchev–Trinajstić information content (AvgIpc) is 3.40. The molecule has 238 valence electrons. The molecule has 0 saturated carbocycles. The van der Waals surface area contributed by atoms with Gasteiger partial charge in [-0.15, -0.1) is 11.3 Å². The van der Waals surface area contributed by atoms with Crippen LogP contribution in [0.25, 0.3) is 10.4 Å². The number of carbonyl (C=O) groups is 3. The van der Waals surface area contributed by atoms with Gasteiger partial charge < -0.3 is 19.9 Å². The average molecular weight is 748 g/mol. The highest BCUT2D eigenvalue weighted by atomic mass is 127. The van der Waals surface area contributed by atoms with Crippen molar-refractivity contribution < 1.29 is 19.1 Å². The van der Waals surface area contributed by atoms with Crippen LogP contribution >= 0.6 is 33.9 Å². The molecule has 3 aromatic rings. The van der Waals surface area contributed by atoms with E-state index in [1.807, 2.05) is 42.2 Å². The Balaban J connectivity index is 1.19. The highest BCUT2D eigenvalue weighted by Crippen LogP contribution is 2.43. The number of hydrogen-bond acceptors (Lipinski definition) is 6. The summed E-state index contributed by atoms with van der Waals surface area (Å²) >= 11 is 3.73. The molecule has 0 atom stereocenters. The predicted octanol–water partition coefficient (Wildman–Crippen LogP) is 7.88. The van der Waals surface area contributed by atoms with Crippen LogP contribution in [0.2, 0.25) is 0 Å². The SMILES string of the molecule is C=C(/C(=C\C(C)=C/CC)C(=O)Nc1ccc(C(=O)N2CCc3cc(C=O)sc3-c3ccc(I)cc32)cc1)N1CC2(CCOCC2)C1. The first kappa shape index (κ1) is 32.4. The number of halogens is 1. The molecule has 2 fully saturated rings. The molecule has 1 N–H and O–H groups in total. The number of nitrogens with one attached hydrogen (secondary N) is 1. The summed E-state index contributed by atoms with van der Waals surface area (Å²) in [5.41, 5.74) is 6.57. The number of amides is 2. The van der Waals surface area contributed by atoms with Crippen molar-refractivity contribution in [3.05, 3.63) is 104 Å². The summed E-state index contributed by atoms with van der Waals surface area (Å²) in [6.45, 7) is 12.3. The second-order valence-corrected chi connectivity index (χ2v) is 14.7. The molecule has 0 aliphatic carbocycles. The molecule has 1 aromatic heterocycles. The van der Waals surface area contributed by atoms with E-state index >= 15 is 0 Å². The van der Waals surface area contributed by atoms with Crippen LogP contribution in [0.5, 0.6) is 0 Å². The van der Waals surface area contributed by atoms with Crippen molar-refractivity contribution in [2.45, 2.75) is 39.5 Å². The Morgan fingerprint density at radius 2 is 1.85 bits per heavy atom. The van der Waals surface area contributed by atoms with E-state index in [4.69, 9.17) is 4.74 Å². The highest BCUT2D eigenvalue weighted by Gasteiger charge is 2.45. The van der Waals surface area contributed by atoms with Crippen molar-refractivity contribution in [2.24, 2.45) is 5.41 Å². The lowest BCUT2D eigenvalue weighted by atomic mass is 9.73. The zero-order valence-electron chi connectivity index (χ0n) is 26.2. The van der Waals surface area contributed by atoms with Gasteiger partial charge in [0, 0.05) is 69.2 Å². The zero-order valence-corrected chi connectivity index (χ0v) is 29.2. The van der Waals surface area contributed by atoms with Crippen molar-refractivity contribution in [3.63, 3.8) is 0 Å². The van der Waals surface area contributed by atoms with Gasteiger partial charge in [0.15, 0.2) is 6.29 Å². The monoisotopic (exact) mass is 747 g/mol. The fraction of sp³-hybridized carbons (Fsp3) is 0.324. The van der Waals surface area contributed by atoms with E-state index < -0.39 is 0 Å². The number of allylic oxidation sites excluding steroid dienone is 3. The highest BCUT2D eigenvalue weighted by molar-refractivity contribution is 14.1. The van der Waals surface area contributed by atoms with Gasteiger partial charge in [0.05, 0.1) is 16.1 Å². The molecule has 9 heteroatoms. The Hall–Kier alpha value is -3.54. The number of nitrogens with zero attached hydrogens (tertiary/aromatic N) is 2. The summed E-state index contributed by atoms with van der Waals surface area (Å²) in [7, 11) is 0. The third-order valence-corrected chi connectivity index (χ3v) is 10.9. The van der Waals surface area contributed by atoms with Gasteiger partial charge in [0.25, 0.3) is 11.8 Å². The topological polar surface area (TPSA) is 79.0 Å². The molecule has 2 aromatic carbocycles. The maximum absolute atomic E-state index is 13.9. The fourth-order valence-electron chi connectivity index (χ4n) is 6.59. The van der Waals surface area contributed by atoms with Gasteiger partial charge in [-0.05, 0) is 109 Å². The van der Waals surface area contributed by atoms with Crippen molar-refractivity contribution in [1.82, 2.24) is 4.90 Å². The van der Waals surface area contributed by atoms with Gasteiger partial charge in [0.1, 0.15) is 0 Å². The molecular formula is C37H38IN3O4S. The van der Waals surface area contributed by atoms with E-state index in [0.717, 1.165) is 88.4 Å². The first-order valence-electron chi connectivity index (χ1n) is 15.7. The first-order valence-corrected chi connectivity index (χ1v) is 17.6. The van der Waals surface area contributed by atoms with Crippen molar-refractivity contribution >= 4 is 63.4 Å². The van der Waals surface area contributed by atoms with Gasteiger partial charge in [0.2, 0.25) is 0 Å². The van der Waals surface area contributed by atoms with Crippen LogP contribution < -0.4 is 10.2 Å². The third kappa shape index (κ3) is 6.63. The molecule has 0 radical (unpaired) electrons. The van der Waals surface area contributed by atoms with Crippen molar-refractivity contribution in [3.8, 4) is 10.4 Å². The van der Waals surface area contributed by atoms with E-state index in [0.29, 0.717) is 34.7 Å². The van der Waals surface area contributed by atoms with Crippen LogP contribution in [-0.4, -0.2) is 55.8 Å². The molecule has 6 rings (SSSR count). The number of fused-ring (bicyclic) bond motifs is 3. The second kappa shape index (κ2) is 13.7. The molecule has 46 heavy (non-hydrogen) atoms. The number of rotatable bonds is 8. The largest absolute Gasteiger partial charge is 0.381 e. The standard InChI is InChI=1S/C37H38IN3O4S/c1-4-5-24(2)18-32(25(3)40-22-37(23-40)13-16-45-17-14-37)35(43)39-29-9-6-26(7-10-29)36(44)41-15-12-27-19-30(21-42)46-34(27)31-11-8-28(38)20-33(31)41/h5-11,18-21H,3-4,12-17,22-23H2,1-2H3,(H,39,43)/b24-5-,32-18+. The van der Waals surface area contributed by atoms with Gasteiger partial charge in [-0.25, -0.2) is 0 Å². The lowest BCUT2D eigenvalue weighted by Crippen LogP contribution is -2.58. The molecular weight excluding hydrogens is 709 g/mol. The van der Waals surface area contributed by atoms with E-state index in [2.05, 4.69) is 52.4 Å². The molecule has 2 amide bonds. The van der Waals surface area contributed by atoms with Gasteiger partial charge in [-0.3, -0.25) is 14.4 Å². The number of carbonyl (C=O) groups excluding carboxylic acids is 3. The van der Waals surface area contributed by atoms with Crippen LogP contribution in [0.3, 0.4) is 0 Å². The van der Waals surface area contributed by atoms with Crippen molar-refractivity contribution in [1.29, 1.82) is 0 Å². The zero-order chi connectivity index (χ0) is 32.4. The summed E-state index contributed by atoms with van der Waals surface area (Å²) < 4.78 is 6.60. The molecule has 1 spiro atoms. The third-order valence-electron chi connectivity index (χ3n) is 9.12. The van der Waals surface area contributed by atoms with Crippen LogP contribution in [0, 0.1) is 8.99 Å². The molecule has 2 saturated heterocycles. The molecule has 4 heterocycles. The number of ether oxygens (including phenoxy) is 1. The first-order chi connectivity index (χ1) is 22.2.